The van der Waals surface area contributed by atoms with Crippen molar-refractivity contribution in [1.29, 1.82) is 0 Å². The van der Waals surface area contributed by atoms with Gasteiger partial charge < -0.3 is 19.5 Å². The van der Waals surface area contributed by atoms with Crippen LogP contribution in [0, 0.1) is 0 Å². The predicted molar refractivity (Wildman–Crippen MR) is 77.7 cm³/mol. The van der Waals surface area contributed by atoms with Crippen molar-refractivity contribution in [1.82, 2.24) is 4.98 Å². The standard InChI is InChI=1S/C15H18N2O3/c1-18-13-6-4-11(14(8-13)19-2)9-16-12-5-7-15(20-3)17-10-12/h4-8,10,16H,9H2,1-3H3. The number of nitrogens with one attached hydrogen (secondary N) is 1. The fourth-order valence-electron chi connectivity index (χ4n) is 1.80. The smallest absolute Gasteiger partial charge is 0.213 e. The SMILES string of the molecule is COc1ccc(CNc2ccc(OC)nc2)c(OC)c1. The second-order valence-electron chi connectivity index (χ2n) is 4.12. The van der Waals surface area contributed by atoms with Gasteiger partial charge in [-0.05, 0) is 18.2 Å². The van der Waals surface area contributed by atoms with E-state index >= 15 is 0 Å². The second kappa shape index (κ2) is 6.65. The minimum Gasteiger partial charge on any atom is -0.497 e. The highest BCUT2D eigenvalue weighted by molar-refractivity contribution is 5.46. The summed E-state index contributed by atoms with van der Waals surface area (Å²) in [7, 11) is 4.88. The second-order valence-corrected chi connectivity index (χ2v) is 4.12. The van der Waals surface area contributed by atoms with E-state index < -0.39 is 0 Å². The molecule has 0 atom stereocenters. The number of methoxy groups -OCH3 is 3. The van der Waals surface area contributed by atoms with Crippen LogP contribution < -0.4 is 19.5 Å². The number of benzene rings is 1. The van der Waals surface area contributed by atoms with Crippen molar-refractivity contribution in [2.45, 2.75) is 6.54 Å². The molecule has 106 valence electrons. The number of pyridine rings is 1. The molecule has 20 heavy (non-hydrogen) atoms. The van der Waals surface area contributed by atoms with Gasteiger partial charge in [-0.1, -0.05) is 0 Å². The van der Waals surface area contributed by atoms with Crippen LogP contribution in [-0.2, 0) is 6.54 Å². The maximum absolute atomic E-state index is 5.36. The molecule has 0 fully saturated rings. The Kier molecular flexibility index (Phi) is 4.65. The van der Waals surface area contributed by atoms with Gasteiger partial charge in [0, 0.05) is 24.2 Å². The summed E-state index contributed by atoms with van der Waals surface area (Å²) in [6.45, 7) is 0.640. The van der Waals surface area contributed by atoms with Crippen molar-refractivity contribution in [2.24, 2.45) is 0 Å². The third-order valence-electron chi connectivity index (χ3n) is 2.92. The fourth-order valence-corrected chi connectivity index (χ4v) is 1.80. The van der Waals surface area contributed by atoms with Gasteiger partial charge in [0.2, 0.25) is 5.88 Å². The lowest BCUT2D eigenvalue weighted by atomic mass is 10.2. The van der Waals surface area contributed by atoms with Gasteiger partial charge in [-0.3, -0.25) is 0 Å². The van der Waals surface area contributed by atoms with E-state index in [-0.39, 0.29) is 0 Å². The number of anilines is 1. The number of rotatable bonds is 6. The minimum atomic E-state index is 0.595. The predicted octanol–water partition coefficient (Wildman–Crippen LogP) is 2.72. The Morgan fingerprint density at radius 3 is 2.45 bits per heavy atom. The van der Waals surface area contributed by atoms with Gasteiger partial charge in [0.1, 0.15) is 11.5 Å². The van der Waals surface area contributed by atoms with E-state index in [9.17, 15) is 0 Å². The molecule has 0 aliphatic carbocycles. The molecule has 0 aliphatic heterocycles. The molecule has 0 radical (unpaired) electrons. The van der Waals surface area contributed by atoms with Crippen molar-refractivity contribution < 1.29 is 14.2 Å². The Hall–Kier alpha value is -2.43. The fraction of sp³-hybridized carbons (Fsp3) is 0.267. The zero-order valence-corrected chi connectivity index (χ0v) is 11.8. The molecule has 1 aromatic heterocycles. The third kappa shape index (κ3) is 3.32. The number of nitrogens with zero attached hydrogens (tertiary/aromatic N) is 1. The molecule has 0 amide bonds. The van der Waals surface area contributed by atoms with E-state index in [2.05, 4.69) is 10.3 Å². The summed E-state index contributed by atoms with van der Waals surface area (Å²) in [6.07, 6.45) is 1.73. The van der Waals surface area contributed by atoms with E-state index in [4.69, 9.17) is 14.2 Å². The molecular weight excluding hydrogens is 256 g/mol. The quantitative estimate of drug-likeness (QED) is 0.877. The minimum absolute atomic E-state index is 0.595. The topological polar surface area (TPSA) is 52.6 Å². The zero-order chi connectivity index (χ0) is 14.4. The van der Waals surface area contributed by atoms with Crippen molar-refractivity contribution in [3.63, 3.8) is 0 Å². The lowest BCUT2D eigenvalue weighted by Gasteiger charge is -2.12. The Balaban J connectivity index is 2.05. The summed E-state index contributed by atoms with van der Waals surface area (Å²) >= 11 is 0. The monoisotopic (exact) mass is 274 g/mol. The summed E-state index contributed by atoms with van der Waals surface area (Å²) in [6, 6.07) is 9.48. The maximum Gasteiger partial charge on any atom is 0.213 e. The van der Waals surface area contributed by atoms with Crippen LogP contribution in [0.5, 0.6) is 17.4 Å². The molecule has 2 aromatic rings. The third-order valence-corrected chi connectivity index (χ3v) is 2.92. The van der Waals surface area contributed by atoms with Gasteiger partial charge in [-0.2, -0.15) is 0 Å². The highest BCUT2D eigenvalue weighted by Gasteiger charge is 2.05. The van der Waals surface area contributed by atoms with Crippen molar-refractivity contribution in [3.05, 3.63) is 42.1 Å². The Labute approximate surface area is 118 Å². The molecule has 5 heteroatoms. The van der Waals surface area contributed by atoms with Crippen LogP contribution in [-0.4, -0.2) is 26.3 Å². The van der Waals surface area contributed by atoms with Crippen LogP contribution in [0.3, 0.4) is 0 Å². The van der Waals surface area contributed by atoms with Gasteiger partial charge >= 0.3 is 0 Å². The van der Waals surface area contributed by atoms with Gasteiger partial charge in [0.15, 0.2) is 0 Å². The highest BCUT2D eigenvalue weighted by Crippen LogP contribution is 2.25. The molecule has 0 saturated heterocycles. The van der Waals surface area contributed by atoms with Crippen molar-refractivity contribution >= 4 is 5.69 Å². The summed E-state index contributed by atoms with van der Waals surface area (Å²) in [4.78, 5) is 4.14. The Morgan fingerprint density at radius 1 is 1.00 bits per heavy atom. The first-order chi connectivity index (χ1) is 9.76. The van der Waals surface area contributed by atoms with E-state index in [1.54, 1.807) is 27.5 Å². The van der Waals surface area contributed by atoms with Crippen LogP contribution in [0.15, 0.2) is 36.5 Å². The highest BCUT2D eigenvalue weighted by atomic mass is 16.5. The Morgan fingerprint density at radius 2 is 1.85 bits per heavy atom. The molecule has 1 aromatic carbocycles. The molecule has 1 heterocycles. The molecular formula is C15H18N2O3. The molecule has 0 saturated carbocycles. The summed E-state index contributed by atoms with van der Waals surface area (Å²) < 4.78 is 15.6. The van der Waals surface area contributed by atoms with Crippen molar-refractivity contribution in [3.8, 4) is 17.4 Å². The van der Waals surface area contributed by atoms with Crippen LogP contribution in [0.2, 0.25) is 0 Å². The molecule has 1 N–H and O–H groups in total. The molecule has 0 aliphatic rings. The van der Waals surface area contributed by atoms with Gasteiger partial charge in [-0.15, -0.1) is 0 Å². The average molecular weight is 274 g/mol. The molecule has 0 unspecified atom stereocenters. The number of ether oxygens (including phenoxy) is 3. The van der Waals surface area contributed by atoms with E-state index in [0.29, 0.717) is 12.4 Å². The first-order valence-corrected chi connectivity index (χ1v) is 6.21. The van der Waals surface area contributed by atoms with E-state index in [1.165, 1.54) is 0 Å². The number of hydrogen-bond donors (Lipinski definition) is 1. The normalized spacial score (nSPS) is 9.95. The number of hydrogen-bond acceptors (Lipinski definition) is 5. The lowest BCUT2D eigenvalue weighted by molar-refractivity contribution is 0.391. The first kappa shape index (κ1) is 14.0. The maximum atomic E-state index is 5.36. The molecule has 2 rings (SSSR count). The Bertz CT molecular complexity index is 556. The van der Waals surface area contributed by atoms with Crippen LogP contribution in [0.1, 0.15) is 5.56 Å². The van der Waals surface area contributed by atoms with E-state index in [1.807, 2.05) is 30.3 Å². The molecule has 5 nitrogen and oxygen atoms in total. The van der Waals surface area contributed by atoms with Crippen LogP contribution in [0.4, 0.5) is 5.69 Å². The van der Waals surface area contributed by atoms with E-state index in [0.717, 1.165) is 22.7 Å². The van der Waals surface area contributed by atoms with Gasteiger partial charge in [0.05, 0.1) is 33.2 Å². The average Bonchev–Trinajstić information content (AvgIpc) is 2.53. The molecule has 0 bridgehead atoms. The molecule has 0 spiro atoms. The van der Waals surface area contributed by atoms with Crippen LogP contribution in [0.25, 0.3) is 0 Å². The summed E-state index contributed by atoms with van der Waals surface area (Å²) in [5.74, 6) is 2.16. The lowest BCUT2D eigenvalue weighted by Crippen LogP contribution is -2.02. The van der Waals surface area contributed by atoms with Crippen molar-refractivity contribution in [2.75, 3.05) is 26.6 Å². The van der Waals surface area contributed by atoms with Gasteiger partial charge in [0.25, 0.3) is 0 Å². The summed E-state index contributed by atoms with van der Waals surface area (Å²) in [5.41, 5.74) is 1.97. The van der Waals surface area contributed by atoms with Gasteiger partial charge in [-0.25, -0.2) is 4.98 Å². The largest absolute Gasteiger partial charge is 0.497 e. The number of aromatic nitrogens is 1. The van der Waals surface area contributed by atoms with Crippen LogP contribution >= 0.6 is 0 Å². The summed E-state index contributed by atoms with van der Waals surface area (Å²) in [5, 5.41) is 3.29. The zero-order valence-electron chi connectivity index (χ0n) is 11.8. The first-order valence-electron chi connectivity index (χ1n) is 6.21.